The molecule has 1 N–H and O–H groups in total. The van der Waals surface area contributed by atoms with Gasteiger partial charge in [0.2, 0.25) is 5.91 Å². The van der Waals surface area contributed by atoms with Gasteiger partial charge in [-0.15, -0.1) is 0 Å². The molecule has 0 aliphatic heterocycles. The molecule has 2 aromatic heterocycles. The Morgan fingerprint density at radius 3 is 2.66 bits per heavy atom. The van der Waals surface area contributed by atoms with Gasteiger partial charge in [-0.1, -0.05) is 42.1 Å². The van der Waals surface area contributed by atoms with Gasteiger partial charge >= 0.3 is 0 Å². The van der Waals surface area contributed by atoms with Gasteiger partial charge < -0.3 is 10.1 Å². The average molecular weight is 405 g/mol. The smallest absolute Gasteiger partial charge is 0.230 e. The minimum atomic E-state index is -0.0620. The first-order chi connectivity index (χ1) is 14.2. The zero-order chi connectivity index (χ0) is 20.1. The molecule has 1 amide bonds. The molecule has 0 radical (unpaired) electrons. The van der Waals surface area contributed by atoms with Crippen molar-refractivity contribution in [1.29, 1.82) is 0 Å². The first kappa shape index (κ1) is 18.9. The quantitative estimate of drug-likeness (QED) is 0.376. The molecule has 29 heavy (non-hydrogen) atoms. The number of ether oxygens (including phenoxy) is 1. The van der Waals surface area contributed by atoms with Crippen LogP contribution in [0.2, 0.25) is 0 Å². The maximum absolute atomic E-state index is 12.3. The molecule has 0 aliphatic carbocycles. The van der Waals surface area contributed by atoms with Crippen LogP contribution in [0, 0.1) is 0 Å². The lowest BCUT2D eigenvalue weighted by Crippen LogP contribution is -2.24. The van der Waals surface area contributed by atoms with E-state index in [1.54, 1.807) is 18.0 Å². The molecule has 7 nitrogen and oxygen atoms in total. The van der Waals surface area contributed by atoms with E-state index in [2.05, 4.69) is 20.4 Å². The number of hydrogen-bond donors (Lipinski definition) is 1. The van der Waals surface area contributed by atoms with E-state index in [1.165, 1.54) is 18.1 Å². The molecule has 0 saturated carbocycles. The molecule has 0 atom stereocenters. The van der Waals surface area contributed by atoms with E-state index in [9.17, 15) is 4.79 Å². The van der Waals surface area contributed by atoms with Gasteiger partial charge in [0.05, 0.1) is 30.1 Å². The summed E-state index contributed by atoms with van der Waals surface area (Å²) in [6.07, 6.45) is 3.24. The van der Waals surface area contributed by atoms with Gasteiger partial charge in [-0.3, -0.25) is 4.79 Å². The number of aromatic nitrogens is 4. The zero-order valence-electron chi connectivity index (χ0n) is 15.8. The van der Waals surface area contributed by atoms with Crippen LogP contribution in [0.4, 0.5) is 0 Å². The first-order valence-electron chi connectivity index (χ1n) is 9.01. The van der Waals surface area contributed by atoms with Crippen LogP contribution in [0.5, 0.6) is 5.75 Å². The molecule has 2 heterocycles. The highest BCUT2D eigenvalue weighted by molar-refractivity contribution is 8.00. The van der Waals surface area contributed by atoms with Crippen LogP contribution in [-0.4, -0.2) is 38.5 Å². The Bertz CT molecular complexity index is 1110. The van der Waals surface area contributed by atoms with Crippen LogP contribution in [0.25, 0.3) is 16.7 Å². The van der Waals surface area contributed by atoms with Gasteiger partial charge in [0, 0.05) is 6.54 Å². The summed E-state index contributed by atoms with van der Waals surface area (Å²) in [6.45, 7) is 0.467. The lowest BCUT2D eigenvalue weighted by Gasteiger charge is -2.07. The monoisotopic (exact) mass is 405 g/mol. The highest BCUT2D eigenvalue weighted by Gasteiger charge is 2.13. The Morgan fingerprint density at radius 1 is 1.10 bits per heavy atom. The lowest BCUT2D eigenvalue weighted by atomic mass is 10.2. The summed E-state index contributed by atoms with van der Waals surface area (Å²) in [5, 5.41) is 8.91. The van der Waals surface area contributed by atoms with Crippen LogP contribution in [0.1, 0.15) is 5.56 Å². The second-order valence-electron chi connectivity index (χ2n) is 6.22. The van der Waals surface area contributed by atoms with Gasteiger partial charge in [-0.2, -0.15) is 5.10 Å². The van der Waals surface area contributed by atoms with E-state index in [0.717, 1.165) is 27.4 Å². The summed E-state index contributed by atoms with van der Waals surface area (Å²) in [7, 11) is 1.63. The molecule has 0 unspecified atom stereocenters. The fourth-order valence-corrected chi connectivity index (χ4v) is 3.62. The summed E-state index contributed by atoms with van der Waals surface area (Å²) < 4.78 is 6.91. The third-order valence-electron chi connectivity index (χ3n) is 4.32. The number of amides is 1. The predicted molar refractivity (Wildman–Crippen MR) is 112 cm³/mol. The molecule has 2 aromatic carbocycles. The van der Waals surface area contributed by atoms with Crippen molar-refractivity contribution in [3.05, 3.63) is 72.7 Å². The lowest BCUT2D eigenvalue weighted by molar-refractivity contribution is -0.118. The van der Waals surface area contributed by atoms with Gasteiger partial charge in [-0.25, -0.2) is 14.6 Å². The number of nitrogens with one attached hydrogen (secondary N) is 1. The normalized spacial score (nSPS) is 10.8. The number of rotatable bonds is 7. The van der Waals surface area contributed by atoms with Crippen molar-refractivity contribution in [2.75, 3.05) is 12.9 Å². The van der Waals surface area contributed by atoms with Crippen LogP contribution < -0.4 is 10.1 Å². The summed E-state index contributed by atoms with van der Waals surface area (Å²) >= 11 is 1.37. The minimum Gasteiger partial charge on any atom is -0.497 e. The third-order valence-corrected chi connectivity index (χ3v) is 5.32. The Kier molecular flexibility index (Phi) is 5.71. The Balaban J connectivity index is 1.40. The number of para-hydroxylation sites is 1. The van der Waals surface area contributed by atoms with E-state index in [1.807, 2.05) is 54.6 Å². The second kappa shape index (κ2) is 8.74. The van der Waals surface area contributed by atoms with E-state index in [0.29, 0.717) is 12.2 Å². The molecule has 0 bridgehead atoms. The number of carbonyl (C=O) groups is 1. The number of nitrogens with zero attached hydrogens (tertiary/aromatic N) is 4. The molecule has 0 spiro atoms. The van der Waals surface area contributed by atoms with Crippen molar-refractivity contribution in [3.8, 4) is 11.4 Å². The van der Waals surface area contributed by atoms with Crippen LogP contribution >= 0.6 is 11.8 Å². The number of methoxy groups -OCH3 is 1. The number of thioether (sulfide) groups is 1. The summed E-state index contributed by atoms with van der Waals surface area (Å²) in [5.41, 5.74) is 2.65. The number of carbonyl (C=O) groups excluding carboxylic acids is 1. The second-order valence-corrected chi connectivity index (χ2v) is 7.19. The molecule has 0 aliphatic rings. The number of fused-ring (bicyclic) bond motifs is 1. The molecule has 4 aromatic rings. The van der Waals surface area contributed by atoms with Gasteiger partial charge in [-0.05, 0) is 29.8 Å². The van der Waals surface area contributed by atoms with Crippen LogP contribution in [-0.2, 0) is 11.3 Å². The SMILES string of the molecule is COc1ccc(CNC(=O)CSc2ncnc3c2cnn3-c2ccccc2)cc1. The molecule has 8 heteroatoms. The van der Waals surface area contributed by atoms with E-state index < -0.39 is 0 Å². The van der Waals surface area contributed by atoms with Crippen LogP contribution in [0.15, 0.2) is 72.1 Å². The highest BCUT2D eigenvalue weighted by atomic mass is 32.2. The van der Waals surface area contributed by atoms with E-state index >= 15 is 0 Å². The maximum Gasteiger partial charge on any atom is 0.230 e. The number of benzene rings is 2. The molecular weight excluding hydrogens is 386 g/mol. The largest absolute Gasteiger partial charge is 0.497 e. The molecular formula is C21H19N5O2S. The molecule has 4 rings (SSSR count). The average Bonchev–Trinajstić information content (AvgIpc) is 3.22. The third kappa shape index (κ3) is 4.38. The summed E-state index contributed by atoms with van der Waals surface area (Å²) in [6, 6.07) is 17.4. The number of hydrogen-bond acceptors (Lipinski definition) is 6. The van der Waals surface area contributed by atoms with Crippen molar-refractivity contribution >= 4 is 28.7 Å². The fourth-order valence-electron chi connectivity index (χ4n) is 2.82. The van der Waals surface area contributed by atoms with Gasteiger partial charge in [0.1, 0.15) is 17.1 Å². The Labute approximate surface area is 172 Å². The minimum absolute atomic E-state index is 0.0620. The first-order valence-corrected chi connectivity index (χ1v) is 10.00. The molecule has 0 saturated heterocycles. The fraction of sp³-hybridized carbons (Fsp3) is 0.143. The standard InChI is InChI=1S/C21H19N5O2S/c1-28-17-9-7-15(8-10-17)11-22-19(27)13-29-21-18-12-25-26(20(18)23-14-24-21)16-5-3-2-4-6-16/h2-10,12,14H,11,13H2,1H3,(H,22,27). The predicted octanol–water partition coefficient (Wildman–Crippen LogP) is 3.23. The maximum atomic E-state index is 12.3. The van der Waals surface area contributed by atoms with Crippen molar-refractivity contribution in [3.63, 3.8) is 0 Å². The zero-order valence-corrected chi connectivity index (χ0v) is 16.6. The van der Waals surface area contributed by atoms with Crippen molar-refractivity contribution in [2.24, 2.45) is 0 Å². The molecule has 0 fully saturated rings. The van der Waals surface area contributed by atoms with Gasteiger partial charge in [0.25, 0.3) is 0 Å². The van der Waals surface area contributed by atoms with Crippen molar-refractivity contribution < 1.29 is 9.53 Å². The topological polar surface area (TPSA) is 81.9 Å². The van der Waals surface area contributed by atoms with Gasteiger partial charge in [0.15, 0.2) is 5.65 Å². The van der Waals surface area contributed by atoms with Crippen LogP contribution in [0.3, 0.4) is 0 Å². The van der Waals surface area contributed by atoms with Crippen molar-refractivity contribution in [1.82, 2.24) is 25.1 Å². The van der Waals surface area contributed by atoms with E-state index in [4.69, 9.17) is 4.74 Å². The van der Waals surface area contributed by atoms with Crippen molar-refractivity contribution in [2.45, 2.75) is 11.6 Å². The van der Waals surface area contributed by atoms with E-state index in [-0.39, 0.29) is 11.7 Å². The Hall–Kier alpha value is -3.39. The summed E-state index contributed by atoms with van der Waals surface area (Å²) in [4.78, 5) is 20.9. The molecule has 146 valence electrons. The Morgan fingerprint density at radius 2 is 1.90 bits per heavy atom. The summed E-state index contributed by atoms with van der Waals surface area (Å²) in [5.74, 6) is 0.992. The highest BCUT2D eigenvalue weighted by Crippen LogP contribution is 2.25.